The number of anilines is 1. The molecule has 1 N–H and O–H groups in total. The van der Waals surface area contributed by atoms with Gasteiger partial charge in [-0.3, -0.25) is 4.79 Å². The Bertz CT molecular complexity index is 721. The molecule has 6 heteroatoms. The standard InChI is InChI=1S/C14H15N5O/c1-8(2)11-5-12(17-14(20)9-3-4-9)18-19-7-10(6-15)16-13(11)19/h5,7-9H,3-4H2,1-2H3,(H,17,18,20). The molecule has 1 aliphatic carbocycles. The molecule has 0 aliphatic heterocycles. The summed E-state index contributed by atoms with van der Waals surface area (Å²) in [4.78, 5) is 16.1. The van der Waals surface area contributed by atoms with E-state index in [-0.39, 0.29) is 17.7 Å². The van der Waals surface area contributed by atoms with E-state index >= 15 is 0 Å². The molecule has 0 saturated heterocycles. The zero-order valence-corrected chi connectivity index (χ0v) is 11.4. The number of aromatic nitrogens is 3. The maximum absolute atomic E-state index is 11.8. The molecule has 1 aliphatic rings. The van der Waals surface area contributed by atoms with Gasteiger partial charge in [-0.2, -0.15) is 5.26 Å². The van der Waals surface area contributed by atoms with Crippen LogP contribution in [0.1, 0.15) is 43.9 Å². The van der Waals surface area contributed by atoms with E-state index in [1.54, 1.807) is 10.7 Å². The van der Waals surface area contributed by atoms with E-state index < -0.39 is 0 Å². The summed E-state index contributed by atoms with van der Waals surface area (Å²) in [5.41, 5.74) is 1.96. The highest BCUT2D eigenvalue weighted by molar-refractivity contribution is 5.93. The van der Waals surface area contributed by atoms with Gasteiger partial charge in [0.1, 0.15) is 6.07 Å². The molecule has 1 amide bonds. The molecule has 0 unspecified atom stereocenters. The minimum Gasteiger partial charge on any atom is -0.309 e. The third-order valence-corrected chi connectivity index (χ3v) is 3.39. The Balaban J connectivity index is 2.04. The maximum atomic E-state index is 11.8. The Kier molecular flexibility index (Phi) is 2.90. The van der Waals surface area contributed by atoms with E-state index in [4.69, 9.17) is 5.26 Å². The number of nitrogens with zero attached hydrogens (tertiary/aromatic N) is 4. The van der Waals surface area contributed by atoms with E-state index in [9.17, 15) is 4.79 Å². The molecule has 2 aromatic rings. The fourth-order valence-electron chi connectivity index (χ4n) is 2.11. The second-order valence-electron chi connectivity index (χ2n) is 5.41. The molecule has 0 radical (unpaired) electrons. The number of nitrogens with one attached hydrogen (secondary N) is 1. The topological polar surface area (TPSA) is 83.1 Å². The first-order valence-electron chi connectivity index (χ1n) is 6.69. The Labute approximate surface area is 116 Å². The predicted octanol–water partition coefficient (Wildman–Crippen LogP) is 2.07. The van der Waals surface area contributed by atoms with Crippen LogP contribution in [0.3, 0.4) is 0 Å². The van der Waals surface area contributed by atoms with Gasteiger partial charge in [0.2, 0.25) is 5.91 Å². The third-order valence-electron chi connectivity index (χ3n) is 3.39. The minimum atomic E-state index is 0.0205. The number of nitriles is 1. The maximum Gasteiger partial charge on any atom is 0.228 e. The summed E-state index contributed by atoms with van der Waals surface area (Å²) in [7, 11) is 0. The Hall–Kier alpha value is -2.42. The first kappa shape index (κ1) is 12.6. The highest BCUT2D eigenvalue weighted by Crippen LogP contribution is 2.30. The highest BCUT2D eigenvalue weighted by atomic mass is 16.2. The SMILES string of the molecule is CC(C)c1cc(NC(=O)C2CC2)nn2cc(C#N)nc12. The number of hydrogen-bond acceptors (Lipinski definition) is 4. The molecule has 20 heavy (non-hydrogen) atoms. The fourth-order valence-corrected chi connectivity index (χ4v) is 2.11. The zero-order chi connectivity index (χ0) is 14.3. The summed E-state index contributed by atoms with van der Waals surface area (Å²) in [5.74, 6) is 0.894. The van der Waals surface area contributed by atoms with Crippen molar-refractivity contribution in [1.29, 1.82) is 5.26 Å². The van der Waals surface area contributed by atoms with Crippen LogP contribution in [0.5, 0.6) is 0 Å². The molecule has 2 aromatic heterocycles. The first-order chi connectivity index (χ1) is 9.58. The lowest BCUT2D eigenvalue weighted by molar-refractivity contribution is -0.117. The van der Waals surface area contributed by atoms with Gasteiger partial charge in [0.05, 0.1) is 6.20 Å². The van der Waals surface area contributed by atoms with Crippen LogP contribution in [0.4, 0.5) is 5.82 Å². The average Bonchev–Trinajstić information content (AvgIpc) is 3.17. The van der Waals surface area contributed by atoms with Crippen molar-refractivity contribution in [2.45, 2.75) is 32.6 Å². The summed E-state index contributed by atoms with van der Waals surface area (Å²) in [6.07, 6.45) is 3.48. The molecule has 1 saturated carbocycles. The lowest BCUT2D eigenvalue weighted by Gasteiger charge is -2.10. The van der Waals surface area contributed by atoms with Gasteiger partial charge in [0.25, 0.3) is 0 Å². The Morgan fingerprint density at radius 3 is 2.90 bits per heavy atom. The quantitative estimate of drug-likeness (QED) is 0.924. The van der Waals surface area contributed by atoms with Gasteiger partial charge in [-0.25, -0.2) is 9.50 Å². The molecule has 0 aromatic carbocycles. The van der Waals surface area contributed by atoms with Gasteiger partial charge in [-0.05, 0) is 24.8 Å². The van der Waals surface area contributed by atoms with Crippen molar-refractivity contribution in [3.8, 4) is 6.07 Å². The Morgan fingerprint density at radius 2 is 2.30 bits per heavy atom. The van der Waals surface area contributed by atoms with Crippen LogP contribution in [0, 0.1) is 17.2 Å². The number of fused-ring (bicyclic) bond motifs is 1. The second kappa shape index (κ2) is 4.60. The normalized spacial score (nSPS) is 14.5. The van der Waals surface area contributed by atoms with E-state index in [1.807, 2.05) is 26.0 Å². The van der Waals surface area contributed by atoms with Gasteiger partial charge >= 0.3 is 0 Å². The Morgan fingerprint density at radius 1 is 1.55 bits per heavy atom. The summed E-state index contributed by atoms with van der Waals surface area (Å²) in [6, 6.07) is 3.85. The summed E-state index contributed by atoms with van der Waals surface area (Å²) >= 11 is 0. The molecule has 6 nitrogen and oxygen atoms in total. The van der Waals surface area contributed by atoms with Crippen LogP contribution in [0.25, 0.3) is 5.65 Å². The molecule has 2 heterocycles. The van der Waals surface area contributed by atoms with Gasteiger partial charge < -0.3 is 5.32 Å². The van der Waals surface area contributed by atoms with Crippen LogP contribution in [-0.4, -0.2) is 20.5 Å². The van der Waals surface area contributed by atoms with Crippen molar-refractivity contribution >= 4 is 17.4 Å². The van der Waals surface area contributed by atoms with Crippen LogP contribution in [0.2, 0.25) is 0 Å². The third kappa shape index (κ3) is 2.23. The lowest BCUT2D eigenvalue weighted by Crippen LogP contribution is -2.16. The van der Waals surface area contributed by atoms with Crippen LogP contribution in [-0.2, 0) is 4.79 Å². The molecule has 0 spiro atoms. The number of carbonyl (C=O) groups excluding carboxylic acids is 1. The van der Waals surface area contributed by atoms with Crippen molar-refractivity contribution in [3.05, 3.63) is 23.5 Å². The molecular weight excluding hydrogens is 254 g/mol. The van der Waals surface area contributed by atoms with E-state index in [0.29, 0.717) is 17.2 Å². The summed E-state index contributed by atoms with van der Waals surface area (Å²) < 4.78 is 1.57. The first-order valence-corrected chi connectivity index (χ1v) is 6.69. The van der Waals surface area contributed by atoms with E-state index in [0.717, 1.165) is 18.4 Å². The minimum absolute atomic E-state index is 0.0205. The van der Waals surface area contributed by atoms with Crippen molar-refractivity contribution < 1.29 is 4.79 Å². The van der Waals surface area contributed by atoms with E-state index in [1.165, 1.54) is 0 Å². The zero-order valence-electron chi connectivity index (χ0n) is 11.4. The molecular formula is C14H15N5O. The van der Waals surface area contributed by atoms with Crippen molar-refractivity contribution in [2.24, 2.45) is 5.92 Å². The number of hydrogen-bond donors (Lipinski definition) is 1. The van der Waals surface area contributed by atoms with Crippen LogP contribution >= 0.6 is 0 Å². The number of rotatable bonds is 3. The number of imidazole rings is 1. The molecule has 102 valence electrons. The predicted molar refractivity (Wildman–Crippen MR) is 73.1 cm³/mol. The van der Waals surface area contributed by atoms with Gasteiger partial charge in [0.15, 0.2) is 17.2 Å². The summed E-state index contributed by atoms with van der Waals surface area (Å²) in [5, 5.41) is 16.1. The molecule has 0 atom stereocenters. The summed E-state index contributed by atoms with van der Waals surface area (Å²) in [6.45, 7) is 4.09. The highest BCUT2D eigenvalue weighted by Gasteiger charge is 2.30. The van der Waals surface area contributed by atoms with Crippen molar-refractivity contribution in [3.63, 3.8) is 0 Å². The van der Waals surface area contributed by atoms with Gasteiger partial charge in [0, 0.05) is 11.5 Å². The van der Waals surface area contributed by atoms with E-state index in [2.05, 4.69) is 15.4 Å². The second-order valence-corrected chi connectivity index (χ2v) is 5.41. The van der Waals surface area contributed by atoms with Crippen molar-refractivity contribution in [2.75, 3.05) is 5.32 Å². The van der Waals surface area contributed by atoms with Gasteiger partial charge in [-0.1, -0.05) is 13.8 Å². The number of amides is 1. The smallest absolute Gasteiger partial charge is 0.228 e. The lowest BCUT2D eigenvalue weighted by atomic mass is 10.1. The largest absolute Gasteiger partial charge is 0.309 e. The average molecular weight is 269 g/mol. The fraction of sp³-hybridized carbons (Fsp3) is 0.429. The molecule has 0 bridgehead atoms. The molecule has 1 fully saturated rings. The monoisotopic (exact) mass is 269 g/mol. The van der Waals surface area contributed by atoms with Gasteiger partial charge in [-0.15, -0.1) is 5.10 Å². The molecule has 3 rings (SSSR count). The van der Waals surface area contributed by atoms with Crippen LogP contribution < -0.4 is 5.32 Å². The van der Waals surface area contributed by atoms with Crippen LogP contribution in [0.15, 0.2) is 12.3 Å². The number of carbonyl (C=O) groups is 1. The van der Waals surface area contributed by atoms with Crippen molar-refractivity contribution in [1.82, 2.24) is 14.6 Å².